The Morgan fingerprint density at radius 2 is 0.778 bits per heavy atom. The first kappa shape index (κ1) is 41.1. The maximum absolute atomic E-state index is 13.9. The summed E-state index contributed by atoms with van der Waals surface area (Å²) in [6.45, 7) is 7.26. The first-order valence-electron chi connectivity index (χ1n) is 18.3. The van der Waals surface area contributed by atoms with E-state index in [1.807, 2.05) is 121 Å². The van der Waals surface area contributed by atoms with Crippen LogP contribution in [-0.2, 0) is 45.1 Å². The van der Waals surface area contributed by atoms with Crippen LogP contribution in [0.1, 0.15) is 49.9 Å². The molecule has 0 radical (unpaired) electrons. The van der Waals surface area contributed by atoms with E-state index < -0.39 is 54.3 Å². The quantitative estimate of drug-likeness (QED) is 0.0878. The van der Waals surface area contributed by atoms with Gasteiger partial charge in [0.05, 0.1) is 18.2 Å². The topological polar surface area (TPSA) is 155 Å². The lowest BCUT2D eigenvalue weighted by Gasteiger charge is -2.34. The molecule has 4 aromatic rings. The molecular formula is C43H52N4O7. The fourth-order valence-electron chi connectivity index (χ4n) is 5.93. The molecule has 0 spiro atoms. The van der Waals surface area contributed by atoms with Gasteiger partial charge in [0.15, 0.2) is 0 Å². The minimum absolute atomic E-state index is 0.0340. The normalized spacial score (nSPS) is 13.8. The molecule has 0 saturated heterocycles. The molecule has 5 N–H and O–H groups in total. The van der Waals surface area contributed by atoms with Crippen LogP contribution in [0.4, 0.5) is 9.59 Å². The smallest absolute Gasteiger partial charge is 0.408 e. The standard InChI is InChI=1S/C43H52N4O7/c1-29(2)37(46-42(51)53-27-33-21-13-7-14-22-33)40(49)44-35(25-31-17-9-5-10-18-31)39(48)36(26-32-19-11-6-12-20-32)45-41(50)38(30(3)4)47-43(52)54-28-34-23-15-8-16-24-34/h5-24,29-30,35-39,48H,25-28H2,1-4H3,(H,44,49)(H,45,50)(H,46,51)(H,47,52)/t35-,36-,37-,38+,39?/m0/s1. The average molecular weight is 737 g/mol. The lowest BCUT2D eigenvalue weighted by Crippen LogP contribution is -2.61. The van der Waals surface area contributed by atoms with Crippen molar-refractivity contribution in [2.75, 3.05) is 0 Å². The number of rotatable bonds is 18. The third kappa shape index (κ3) is 13.4. The number of hydrogen-bond donors (Lipinski definition) is 5. The van der Waals surface area contributed by atoms with Crippen LogP contribution in [0.15, 0.2) is 121 Å². The van der Waals surface area contributed by atoms with Crippen molar-refractivity contribution in [1.29, 1.82) is 0 Å². The Morgan fingerprint density at radius 3 is 1.07 bits per heavy atom. The minimum Gasteiger partial charge on any atom is -0.445 e. The van der Waals surface area contributed by atoms with Gasteiger partial charge in [-0.05, 0) is 46.9 Å². The van der Waals surface area contributed by atoms with Gasteiger partial charge < -0.3 is 35.8 Å². The summed E-state index contributed by atoms with van der Waals surface area (Å²) in [7, 11) is 0. The van der Waals surface area contributed by atoms with Gasteiger partial charge in [-0.1, -0.05) is 149 Å². The molecule has 4 rings (SSSR count). The van der Waals surface area contributed by atoms with E-state index in [4.69, 9.17) is 9.47 Å². The second-order valence-electron chi connectivity index (χ2n) is 14.0. The highest BCUT2D eigenvalue weighted by Crippen LogP contribution is 2.16. The Hall–Kier alpha value is -5.68. The van der Waals surface area contributed by atoms with E-state index in [1.165, 1.54) is 0 Å². The van der Waals surface area contributed by atoms with Crippen molar-refractivity contribution in [1.82, 2.24) is 21.3 Å². The highest BCUT2D eigenvalue weighted by Gasteiger charge is 2.35. The van der Waals surface area contributed by atoms with Crippen LogP contribution < -0.4 is 21.3 Å². The molecule has 0 aliphatic rings. The van der Waals surface area contributed by atoms with Crippen molar-refractivity contribution < 1.29 is 33.8 Å². The molecule has 0 saturated carbocycles. The minimum atomic E-state index is -1.31. The van der Waals surface area contributed by atoms with Crippen molar-refractivity contribution in [2.45, 2.75) is 84.0 Å². The third-order valence-electron chi connectivity index (χ3n) is 8.95. The van der Waals surface area contributed by atoms with Crippen LogP contribution in [0.25, 0.3) is 0 Å². The summed E-state index contributed by atoms with van der Waals surface area (Å²) in [5, 5.41) is 23.5. The summed E-state index contributed by atoms with van der Waals surface area (Å²) in [6, 6.07) is 33.4. The zero-order valence-electron chi connectivity index (χ0n) is 31.3. The van der Waals surface area contributed by atoms with E-state index in [0.717, 1.165) is 22.3 Å². The second kappa shape index (κ2) is 21.1. The SMILES string of the molecule is CC(C)[C@H](NC(=O)OCc1ccccc1)C(=O)N[C@@H](Cc1ccccc1)C(O)[C@H](Cc1ccccc1)NC(=O)[C@H](NC(=O)OCc1ccccc1)C(C)C. The van der Waals surface area contributed by atoms with Gasteiger partial charge in [-0.15, -0.1) is 0 Å². The first-order chi connectivity index (χ1) is 26.0. The van der Waals surface area contributed by atoms with E-state index in [2.05, 4.69) is 21.3 Å². The number of aliphatic hydroxyl groups excluding tert-OH is 1. The summed E-state index contributed by atoms with van der Waals surface area (Å²) < 4.78 is 10.8. The molecule has 0 bridgehead atoms. The molecule has 11 heteroatoms. The van der Waals surface area contributed by atoms with Crippen LogP contribution in [0, 0.1) is 11.8 Å². The predicted molar refractivity (Wildman–Crippen MR) is 207 cm³/mol. The summed E-state index contributed by atoms with van der Waals surface area (Å²) in [5.41, 5.74) is 3.28. The zero-order valence-corrected chi connectivity index (χ0v) is 31.3. The van der Waals surface area contributed by atoms with E-state index in [1.54, 1.807) is 27.7 Å². The highest BCUT2D eigenvalue weighted by molar-refractivity contribution is 5.87. The predicted octanol–water partition coefficient (Wildman–Crippen LogP) is 5.70. The maximum atomic E-state index is 13.9. The second-order valence-corrected chi connectivity index (χ2v) is 14.0. The van der Waals surface area contributed by atoms with Crippen LogP contribution in [0.5, 0.6) is 0 Å². The molecule has 5 atom stereocenters. The van der Waals surface area contributed by atoms with Gasteiger partial charge in [-0.2, -0.15) is 0 Å². The number of benzene rings is 4. The van der Waals surface area contributed by atoms with Crippen LogP contribution in [-0.4, -0.2) is 59.4 Å². The highest BCUT2D eigenvalue weighted by atomic mass is 16.6. The summed E-state index contributed by atoms with van der Waals surface area (Å²) in [6.07, 6.45) is -2.38. The number of hydrogen-bond acceptors (Lipinski definition) is 7. The Balaban J connectivity index is 1.54. The average Bonchev–Trinajstić information content (AvgIpc) is 3.17. The molecule has 0 heterocycles. The Labute approximate surface area is 317 Å². The van der Waals surface area contributed by atoms with Crippen molar-refractivity contribution >= 4 is 24.0 Å². The molecule has 0 aliphatic carbocycles. The van der Waals surface area contributed by atoms with E-state index in [0.29, 0.717) is 0 Å². The van der Waals surface area contributed by atoms with E-state index in [9.17, 15) is 24.3 Å². The Kier molecular flexibility index (Phi) is 16.1. The lowest BCUT2D eigenvalue weighted by atomic mass is 9.91. The van der Waals surface area contributed by atoms with Crippen molar-refractivity contribution in [3.05, 3.63) is 144 Å². The molecule has 0 aliphatic heterocycles. The molecular weight excluding hydrogens is 684 g/mol. The number of nitrogens with one attached hydrogen (secondary N) is 4. The number of carbonyl (C=O) groups excluding carboxylic acids is 4. The third-order valence-corrected chi connectivity index (χ3v) is 8.95. The largest absolute Gasteiger partial charge is 0.445 e. The van der Waals surface area contributed by atoms with E-state index in [-0.39, 0.29) is 37.9 Å². The van der Waals surface area contributed by atoms with Gasteiger partial charge in [0.1, 0.15) is 25.3 Å². The van der Waals surface area contributed by atoms with Gasteiger partial charge in [-0.3, -0.25) is 9.59 Å². The summed E-state index contributed by atoms with van der Waals surface area (Å²) in [5.74, 6) is -1.70. The van der Waals surface area contributed by atoms with Gasteiger partial charge in [0.25, 0.3) is 0 Å². The van der Waals surface area contributed by atoms with Crippen LogP contribution in [0.3, 0.4) is 0 Å². The van der Waals surface area contributed by atoms with E-state index >= 15 is 0 Å². The lowest BCUT2D eigenvalue weighted by molar-refractivity contribution is -0.126. The molecule has 11 nitrogen and oxygen atoms in total. The fourth-order valence-corrected chi connectivity index (χ4v) is 5.93. The van der Waals surface area contributed by atoms with Crippen molar-refractivity contribution in [3.8, 4) is 0 Å². The fraction of sp³-hybridized carbons (Fsp3) is 0.349. The Morgan fingerprint density at radius 1 is 0.481 bits per heavy atom. The Bertz CT molecular complexity index is 1610. The molecule has 0 aromatic heterocycles. The van der Waals surface area contributed by atoms with Gasteiger partial charge in [0.2, 0.25) is 11.8 Å². The molecule has 4 amide bonds. The van der Waals surface area contributed by atoms with Crippen LogP contribution in [0.2, 0.25) is 0 Å². The number of alkyl carbamates (subject to hydrolysis) is 2. The number of amides is 4. The van der Waals surface area contributed by atoms with Gasteiger partial charge >= 0.3 is 12.2 Å². The molecule has 54 heavy (non-hydrogen) atoms. The summed E-state index contributed by atoms with van der Waals surface area (Å²) >= 11 is 0. The number of aliphatic hydroxyl groups is 1. The molecule has 1 unspecified atom stereocenters. The molecule has 4 aromatic carbocycles. The molecule has 0 fully saturated rings. The van der Waals surface area contributed by atoms with Crippen LogP contribution >= 0.6 is 0 Å². The van der Waals surface area contributed by atoms with Crippen molar-refractivity contribution in [3.63, 3.8) is 0 Å². The maximum Gasteiger partial charge on any atom is 0.408 e. The number of ether oxygens (including phenoxy) is 2. The van der Waals surface area contributed by atoms with Gasteiger partial charge in [-0.25, -0.2) is 9.59 Å². The van der Waals surface area contributed by atoms with Gasteiger partial charge in [0, 0.05) is 0 Å². The first-order valence-corrected chi connectivity index (χ1v) is 18.3. The summed E-state index contributed by atoms with van der Waals surface area (Å²) in [4.78, 5) is 53.6. The number of carbonyl (C=O) groups is 4. The molecule has 286 valence electrons. The van der Waals surface area contributed by atoms with Crippen molar-refractivity contribution in [2.24, 2.45) is 11.8 Å². The zero-order chi connectivity index (χ0) is 38.9. The monoisotopic (exact) mass is 736 g/mol.